The van der Waals surface area contributed by atoms with Crippen molar-refractivity contribution in [1.82, 2.24) is 0 Å². The van der Waals surface area contributed by atoms with Crippen molar-refractivity contribution in [2.45, 2.75) is 27.7 Å². The molecule has 2 aliphatic carbocycles. The second kappa shape index (κ2) is 9.82. The van der Waals surface area contributed by atoms with E-state index < -0.39 is 71.0 Å². The van der Waals surface area contributed by atoms with Crippen LogP contribution in [0.3, 0.4) is 0 Å². The zero-order valence-corrected chi connectivity index (χ0v) is 17.4. The van der Waals surface area contributed by atoms with Crippen LogP contribution < -0.4 is 0 Å². The van der Waals surface area contributed by atoms with Gasteiger partial charge in [-0.1, -0.05) is 0 Å². The summed E-state index contributed by atoms with van der Waals surface area (Å²) in [7, 11) is 0. The Labute approximate surface area is 173 Å². The molecule has 10 heteroatoms. The second-order valence-electron chi connectivity index (χ2n) is 6.88. The van der Waals surface area contributed by atoms with Crippen molar-refractivity contribution in [3.63, 3.8) is 0 Å². The number of carbonyl (C=O) groups is 6. The van der Waals surface area contributed by atoms with Gasteiger partial charge in [0.1, 0.15) is 23.7 Å². The number of Topliss-reactive ketones (excluding diaryl/α,β-unsaturated/α-hetero) is 2. The first-order chi connectivity index (χ1) is 14.3. The number of fused-ring (bicyclic) bond motifs is 1. The van der Waals surface area contributed by atoms with Gasteiger partial charge in [0.2, 0.25) is 0 Å². The monoisotopic (exact) mass is 426 g/mol. The highest BCUT2D eigenvalue weighted by Gasteiger charge is 2.71. The summed E-state index contributed by atoms with van der Waals surface area (Å²) >= 11 is 0. The zero-order valence-electron chi connectivity index (χ0n) is 17.4. The number of hydrogen-bond acceptors (Lipinski definition) is 10. The average molecular weight is 426 g/mol. The largest absolute Gasteiger partial charge is 0.465 e. The molecule has 0 amide bonds. The summed E-state index contributed by atoms with van der Waals surface area (Å²) in [6.45, 7) is 5.91. The molecule has 0 heterocycles. The van der Waals surface area contributed by atoms with Crippen LogP contribution in [0.5, 0.6) is 0 Å². The van der Waals surface area contributed by atoms with Crippen LogP contribution >= 0.6 is 0 Å². The van der Waals surface area contributed by atoms with Crippen molar-refractivity contribution in [3.05, 3.63) is 0 Å². The van der Waals surface area contributed by atoms with Crippen LogP contribution in [0, 0.1) is 35.5 Å². The van der Waals surface area contributed by atoms with Crippen LogP contribution in [-0.4, -0.2) is 61.9 Å². The van der Waals surface area contributed by atoms with Crippen LogP contribution in [0.25, 0.3) is 0 Å². The van der Waals surface area contributed by atoms with Gasteiger partial charge in [0.15, 0.2) is 11.6 Å². The molecule has 2 aliphatic rings. The molecular formula is C20H26O10. The number of ketones is 2. The normalized spacial score (nSPS) is 29.9. The molecule has 0 aromatic carbocycles. The quantitative estimate of drug-likeness (QED) is 0.298. The van der Waals surface area contributed by atoms with Crippen molar-refractivity contribution in [3.8, 4) is 0 Å². The van der Waals surface area contributed by atoms with Gasteiger partial charge < -0.3 is 18.9 Å². The van der Waals surface area contributed by atoms with E-state index in [4.69, 9.17) is 18.9 Å². The smallest absolute Gasteiger partial charge is 0.316 e. The van der Waals surface area contributed by atoms with E-state index in [1.165, 1.54) is 27.7 Å². The van der Waals surface area contributed by atoms with Gasteiger partial charge >= 0.3 is 23.9 Å². The van der Waals surface area contributed by atoms with Crippen LogP contribution in [0.2, 0.25) is 0 Å². The fourth-order valence-electron chi connectivity index (χ4n) is 4.44. The zero-order chi connectivity index (χ0) is 22.6. The van der Waals surface area contributed by atoms with Crippen LogP contribution in [0.1, 0.15) is 27.7 Å². The molecule has 0 aromatic heterocycles. The average Bonchev–Trinajstić information content (AvgIpc) is 3.11. The summed E-state index contributed by atoms with van der Waals surface area (Å²) in [5, 5.41) is 0. The minimum atomic E-state index is -1.57. The Morgan fingerprint density at radius 1 is 0.533 bits per heavy atom. The molecule has 0 spiro atoms. The Morgan fingerprint density at radius 3 is 0.900 bits per heavy atom. The van der Waals surface area contributed by atoms with E-state index in [0.717, 1.165) is 0 Å². The molecule has 6 atom stereocenters. The topological polar surface area (TPSA) is 139 Å². The molecule has 0 aliphatic heterocycles. The maximum Gasteiger partial charge on any atom is 0.316 e. The minimum Gasteiger partial charge on any atom is -0.465 e. The van der Waals surface area contributed by atoms with Gasteiger partial charge in [0, 0.05) is 11.8 Å². The lowest BCUT2D eigenvalue weighted by atomic mass is 9.82. The Hall–Kier alpha value is -2.78. The van der Waals surface area contributed by atoms with Gasteiger partial charge in [-0.2, -0.15) is 0 Å². The molecule has 4 unspecified atom stereocenters. The molecule has 2 fully saturated rings. The highest BCUT2D eigenvalue weighted by atomic mass is 16.5. The number of ether oxygens (including phenoxy) is 4. The summed E-state index contributed by atoms with van der Waals surface area (Å²) in [5.74, 6) is -14.3. The lowest BCUT2D eigenvalue weighted by Gasteiger charge is -2.21. The van der Waals surface area contributed by atoms with Gasteiger partial charge in [-0.25, -0.2) is 0 Å². The van der Waals surface area contributed by atoms with E-state index in [2.05, 4.69) is 0 Å². The summed E-state index contributed by atoms with van der Waals surface area (Å²) in [6.07, 6.45) is 0. The predicted molar refractivity (Wildman–Crippen MR) is 97.5 cm³/mol. The fourth-order valence-corrected chi connectivity index (χ4v) is 4.44. The minimum absolute atomic E-state index is 0.0522. The molecule has 0 bridgehead atoms. The molecule has 0 saturated heterocycles. The Bertz CT molecular complexity index is 624. The van der Waals surface area contributed by atoms with Crippen molar-refractivity contribution >= 4 is 35.4 Å². The number of esters is 4. The standard InChI is InChI=1S/C20H26O10/c1-5-27-17(23)11-9-10(13(15(11)21)19(25)29-7-3)14(20(26)30-8-4)16(22)12(9)18(24)28-6-2/h9-14H,5-8H2,1-4H3/t9?,10?,11-,12?,13+,14?. The molecule has 10 nitrogen and oxygen atoms in total. The maximum absolute atomic E-state index is 13.1. The van der Waals surface area contributed by atoms with Crippen molar-refractivity contribution in [2.75, 3.05) is 26.4 Å². The van der Waals surface area contributed by atoms with Crippen LogP contribution in [-0.2, 0) is 47.7 Å². The molecular weight excluding hydrogens is 400 g/mol. The lowest BCUT2D eigenvalue weighted by Crippen LogP contribution is -2.39. The van der Waals surface area contributed by atoms with Crippen molar-refractivity contribution in [2.24, 2.45) is 35.5 Å². The lowest BCUT2D eigenvalue weighted by molar-refractivity contribution is -0.158. The highest BCUT2D eigenvalue weighted by molar-refractivity contribution is 6.18. The van der Waals surface area contributed by atoms with E-state index >= 15 is 0 Å². The van der Waals surface area contributed by atoms with Gasteiger partial charge in [-0.15, -0.1) is 0 Å². The highest BCUT2D eigenvalue weighted by Crippen LogP contribution is 2.54. The summed E-state index contributed by atoms with van der Waals surface area (Å²) in [4.78, 5) is 76.5. The predicted octanol–water partition coefficient (Wildman–Crippen LogP) is 0.101. The molecule has 0 N–H and O–H groups in total. The maximum atomic E-state index is 13.1. The summed E-state index contributed by atoms with van der Waals surface area (Å²) in [6, 6.07) is 0. The Balaban J connectivity index is 2.63. The second-order valence-corrected chi connectivity index (χ2v) is 6.88. The Kier molecular flexibility index (Phi) is 7.69. The first-order valence-electron chi connectivity index (χ1n) is 10.0. The molecule has 166 valence electrons. The first-order valence-corrected chi connectivity index (χ1v) is 10.0. The third-order valence-corrected chi connectivity index (χ3v) is 5.37. The number of rotatable bonds is 8. The van der Waals surface area contributed by atoms with Gasteiger partial charge in [-0.05, 0) is 27.7 Å². The van der Waals surface area contributed by atoms with E-state index in [1.807, 2.05) is 0 Å². The SMILES string of the molecule is CCOC(=O)C1C(=O)C(C(=O)OCC)C2C1[C@H](C(=O)OCC)C(=O)[C@@H]2C(=O)OCC. The van der Waals surface area contributed by atoms with E-state index in [-0.39, 0.29) is 26.4 Å². The summed E-state index contributed by atoms with van der Waals surface area (Å²) in [5.41, 5.74) is 0. The molecule has 0 radical (unpaired) electrons. The number of carbonyl (C=O) groups excluding carboxylic acids is 6. The summed E-state index contributed by atoms with van der Waals surface area (Å²) < 4.78 is 19.9. The van der Waals surface area contributed by atoms with Gasteiger partial charge in [-0.3, -0.25) is 28.8 Å². The van der Waals surface area contributed by atoms with Crippen molar-refractivity contribution < 1.29 is 47.7 Å². The van der Waals surface area contributed by atoms with Gasteiger partial charge in [0.05, 0.1) is 26.4 Å². The van der Waals surface area contributed by atoms with E-state index in [0.29, 0.717) is 0 Å². The van der Waals surface area contributed by atoms with Crippen LogP contribution in [0.15, 0.2) is 0 Å². The molecule has 0 aromatic rings. The fraction of sp³-hybridized carbons (Fsp3) is 0.700. The molecule has 2 rings (SSSR count). The van der Waals surface area contributed by atoms with Gasteiger partial charge in [0.25, 0.3) is 0 Å². The van der Waals surface area contributed by atoms with Crippen LogP contribution in [0.4, 0.5) is 0 Å². The number of hydrogen-bond donors (Lipinski definition) is 0. The third-order valence-electron chi connectivity index (χ3n) is 5.37. The van der Waals surface area contributed by atoms with E-state index in [9.17, 15) is 28.8 Å². The van der Waals surface area contributed by atoms with E-state index in [1.54, 1.807) is 0 Å². The molecule has 30 heavy (non-hydrogen) atoms. The first kappa shape index (κ1) is 23.5. The molecule has 2 saturated carbocycles. The third kappa shape index (κ3) is 3.95. The Morgan fingerprint density at radius 2 is 0.733 bits per heavy atom. The van der Waals surface area contributed by atoms with Crippen molar-refractivity contribution in [1.29, 1.82) is 0 Å².